The number of urea groups is 1. The highest BCUT2D eigenvalue weighted by Crippen LogP contribution is 2.30. The zero-order chi connectivity index (χ0) is 16.8. The number of fused-ring (bicyclic) bond motifs is 1. The SMILES string of the molecule is Cc1ccc2c(c1)C(NC(=O)NC(C)C(=O)NCCF)CCC2. The molecule has 23 heavy (non-hydrogen) atoms. The number of carbonyl (C=O) groups excluding carboxylic acids is 2. The number of alkyl halides is 1. The predicted molar refractivity (Wildman–Crippen MR) is 87.0 cm³/mol. The normalized spacial score (nSPS) is 17.8. The van der Waals surface area contributed by atoms with Gasteiger partial charge in [0.25, 0.3) is 0 Å². The molecule has 0 heterocycles. The molecule has 1 aliphatic carbocycles. The van der Waals surface area contributed by atoms with E-state index >= 15 is 0 Å². The summed E-state index contributed by atoms with van der Waals surface area (Å²) in [4.78, 5) is 23.8. The predicted octanol–water partition coefficient (Wildman–Crippen LogP) is 2.15. The van der Waals surface area contributed by atoms with Crippen LogP contribution in [0.1, 0.15) is 42.5 Å². The van der Waals surface area contributed by atoms with Crippen LogP contribution in [0, 0.1) is 6.92 Å². The Hall–Kier alpha value is -2.11. The number of hydrogen-bond donors (Lipinski definition) is 3. The third-order valence-corrected chi connectivity index (χ3v) is 4.06. The first-order chi connectivity index (χ1) is 11.0. The van der Waals surface area contributed by atoms with Crippen molar-refractivity contribution in [3.05, 3.63) is 34.9 Å². The van der Waals surface area contributed by atoms with Crippen LogP contribution in [0.5, 0.6) is 0 Å². The van der Waals surface area contributed by atoms with Gasteiger partial charge in [0.05, 0.1) is 6.04 Å². The van der Waals surface area contributed by atoms with Gasteiger partial charge in [0, 0.05) is 6.54 Å². The van der Waals surface area contributed by atoms with Crippen molar-refractivity contribution in [3.8, 4) is 0 Å². The van der Waals surface area contributed by atoms with Crippen LogP contribution in [-0.4, -0.2) is 31.2 Å². The van der Waals surface area contributed by atoms with Gasteiger partial charge < -0.3 is 16.0 Å². The molecule has 1 aromatic rings. The van der Waals surface area contributed by atoms with Crippen molar-refractivity contribution < 1.29 is 14.0 Å². The van der Waals surface area contributed by atoms with E-state index in [9.17, 15) is 14.0 Å². The summed E-state index contributed by atoms with van der Waals surface area (Å²) in [5.41, 5.74) is 3.58. The number of halogens is 1. The lowest BCUT2D eigenvalue weighted by Gasteiger charge is -2.27. The molecule has 6 heteroatoms. The van der Waals surface area contributed by atoms with Crippen LogP contribution in [0.2, 0.25) is 0 Å². The Morgan fingerprint density at radius 2 is 2.17 bits per heavy atom. The number of rotatable bonds is 5. The fraction of sp³-hybridized carbons (Fsp3) is 0.529. The first-order valence-electron chi connectivity index (χ1n) is 8.01. The van der Waals surface area contributed by atoms with Crippen molar-refractivity contribution in [1.29, 1.82) is 0 Å². The summed E-state index contributed by atoms with van der Waals surface area (Å²) in [7, 11) is 0. The minimum absolute atomic E-state index is 0.0399. The topological polar surface area (TPSA) is 70.2 Å². The highest BCUT2D eigenvalue weighted by Gasteiger charge is 2.23. The Morgan fingerprint density at radius 3 is 2.91 bits per heavy atom. The molecule has 0 fully saturated rings. The van der Waals surface area contributed by atoms with E-state index in [-0.39, 0.29) is 18.6 Å². The maximum atomic E-state index is 12.1. The summed E-state index contributed by atoms with van der Waals surface area (Å²) in [5.74, 6) is -0.391. The summed E-state index contributed by atoms with van der Waals surface area (Å²) < 4.78 is 12.0. The number of hydrogen-bond acceptors (Lipinski definition) is 2. The molecule has 3 N–H and O–H groups in total. The number of carbonyl (C=O) groups is 2. The molecule has 2 unspecified atom stereocenters. The van der Waals surface area contributed by atoms with Gasteiger partial charge in [-0.05, 0) is 44.2 Å². The minimum atomic E-state index is -0.706. The average molecular weight is 321 g/mol. The molecule has 1 aromatic carbocycles. The van der Waals surface area contributed by atoms with E-state index in [2.05, 4.69) is 34.1 Å². The summed E-state index contributed by atoms with van der Waals surface area (Å²) in [6, 6.07) is 5.17. The van der Waals surface area contributed by atoms with Crippen molar-refractivity contribution in [3.63, 3.8) is 0 Å². The van der Waals surface area contributed by atoms with Crippen molar-refractivity contribution in [2.45, 2.75) is 45.2 Å². The Kier molecular flexibility index (Phi) is 5.96. The maximum Gasteiger partial charge on any atom is 0.315 e. The zero-order valence-electron chi connectivity index (χ0n) is 13.6. The molecule has 0 bridgehead atoms. The first-order valence-corrected chi connectivity index (χ1v) is 8.01. The van der Waals surface area contributed by atoms with Gasteiger partial charge in [0.1, 0.15) is 12.7 Å². The first kappa shape index (κ1) is 17.2. The Labute approximate surface area is 136 Å². The van der Waals surface area contributed by atoms with Crippen molar-refractivity contribution >= 4 is 11.9 Å². The van der Waals surface area contributed by atoms with Crippen LogP contribution in [0.3, 0.4) is 0 Å². The largest absolute Gasteiger partial charge is 0.352 e. The lowest BCUT2D eigenvalue weighted by Crippen LogP contribution is -2.49. The fourth-order valence-electron chi connectivity index (χ4n) is 2.85. The molecule has 0 saturated heterocycles. The van der Waals surface area contributed by atoms with Gasteiger partial charge in [-0.15, -0.1) is 0 Å². The third kappa shape index (κ3) is 4.68. The van der Waals surface area contributed by atoms with Gasteiger partial charge in [-0.2, -0.15) is 0 Å². The maximum absolute atomic E-state index is 12.1. The number of nitrogens with one attached hydrogen (secondary N) is 3. The monoisotopic (exact) mass is 321 g/mol. The summed E-state index contributed by atoms with van der Waals surface area (Å²) in [5, 5.41) is 7.94. The fourth-order valence-corrected chi connectivity index (χ4v) is 2.85. The van der Waals surface area contributed by atoms with Gasteiger partial charge >= 0.3 is 6.03 Å². The standard InChI is InChI=1S/C17H24FN3O2/c1-11-6-7-13-4-3-5-15(14(13)10-11)21-17(23)20-12(2)16(22)19-9-8-18/h6-7,10,12,15H,3-5,8-9H2,1-2H3,(H,19,22)(H2,20,21,23). The second-order valence-corrected chi connectivity index (χ2v) is 5.97. The Morgan fingerprint density at radius 1 is 1.39 bits per heavy atom. The highest BCUT2D eigenvalue weighted by molar-refractivity contribution is 5.86. The Balaban J connectivity index is 1.94. The molecular formula is C17H24FN3O2. The van der Waals surface area contributed by atoms with Crippen molar-refractivity contribution in [2.75, 3.05) is 13.2 Å². The molecule has 2 atom stereocenters. The molecule has 1 aliphatic rings. The molecule has 2 rings (SSSR count). The number of amides is 3. The summed E-state index contributed by atoms with van der Waals surface area (Å²) >= 11 is 0. The molecule has 126 valence electrons. The lowest BCUT2D eigenvalue weighted by atomic mass is 9.87. The minimum Gasteiger partial charge on any atom is -0.352 e. The van der Waals surface area contributed by atoms with Crippen LogP contribution >= 0.6 is 0 Å². The van der Waals surface area contributed by atoms with Crippen LogP contribution in [0.25, 0.3) is 0 Å². The molecule has 0 saturated carbocycles. The van der Waals surface area contributed by atoms with Crippen LogP contribution in [0.15, 0.2) is 18.2 Å². The van der Waals surface area contributed by atoms with Crippen LogP contribution in [-0.2, 0) is 11.2 Å². The van der Waals surface area contributed by atoms with Gasteiger partial charge in [0.15, 0.2) is 0 Å². The van der Waals surface area contributed by atoms with Crippen LogP contribution < -0.4 is 16.0 Å². The average Bonchev–Trinajstić information content (AvgIpc) is 2.53. The second-order valence-electron chi connectivity index (χ2n) is 5.97. The molecule has 0 spiro atoms. The van der Waals surface area contributed by atoms with Crippen molar-refractivity contribution in [2.24, 2.45) is 0 Å². The quantitative estimate of drug-likeness (QED) is 0.778. The Bertz CT molecular complexity index is 577. The zero-order valence-corrected chi connectivity index (χ0v) is 13.6. The summed E-state index contributed by atoms with van der Waals surface area (Å²) in [6.45, 7) is 2.94. The van der Waals surface area contributed by atoms with E-state index < -0.39 is 18.6 Å². The van der Waals surface area contributed by atoms with E-state index in [1.54, 1.807) is 6.92 Å². The molecule has 5 nitrogen and oxygen atoms in total. The molecule has 0 aliphatic heterocycles. The number of aryl methyl sites for hydroxylation is 2. The van der Waals surface area contributed by atoms with Gasteiger partial charge in [-0.3, -0.25) is 4.79 Å². The lowest BCUT2D eigenvalue weighted by molar-refractivity contribution is -0.122. The molecule has 3 amide bonds. The van der Waals surface area contributed by atoms with E-state index in [1.807, 2.05) is 6.92 Å². The molecule has 0 radical (unpaired) electrons. The van der Waals surface area contributed by atoms with Gasteiger partial charge in [-0.25, -0.2) is 9.18 Å². The summed E-state index contributed by atoms with van der Waals surface area (Å²) in [6.07, 6.45) is 2.93. The molecular weight excluding hydrogens is 297 g/mol. The van der Waals surface area contributed by atoms with E-state index in [0.29, 0.717) is 0 Å². The van der Waals surface area contributed by atoms with Gasteiger partial charge in [0.2, 0.25) is 5.91 Å². The van der Waals surface area contributed by atoms with Gasteiger partial charge in [-0.1, -0.05) is 23.8 Å². The highest BCUT2D eigenvalue weighted by atomic mass is 19.1. The number of benzene rings is 1. The third-order valence-electron chi connectivity index (χ3n) is 4.06. The van der Waals surface area contributed by atoms with Crippen molar-refractivity contribution in [1.82, 2.24) is 16.0 Å². The van der Waals surface area contributed by atoms with Crippen LogP contribution in [0.4, 0.5) is 9.18 Å². The van der Waals surface area contributed by atoms with E-state index in [0.717, 1.165) is 30.4 Å². The second kappa shape index (κ2) is 7.94. The van der Waals surface area contributed by atoms with E-state index in [1.165, 1.54) is 5.56 Å². The smallest absolute Gasteiger partial charge is 0.315 e. The molecule has 0 aromatic heterocycles. The van der Waals surface area contributed by atoms with E-state index in [4.69, 9.17) is 0 Å².